The Morgan fingerprint density at radius 2 is 1.89 bits per heavy atom. The second kappa shape index (κ2) is 7.51. The van der Waals surface area contributed by atoms with E-state index in [1.54, 1.807) is 19.2 Å². The SMILES string of the molecule is COC[C@H](COC(=O)c1ccc(Br)cc1)N(C)C. The van der Waals surface area contributed by atoms with E-state index in [1.807, 2.05) is 31.1 Å². The molecule has 1 aromatic carbocycles. The van der Waals surface area contributed by atoms with Gasteiger partial charge in [0.05, 0.1) is 18.2 Å². The zero-order valence-corrected chi connectivity index (χ0v) is 12.4. The molecule has 0 radical (unpaired) electrons. The van der Waals surface area contributed by atoms with Crippen molar-refractivity contribution in [1.82, 2.24) is 4.90 Å². The van der Waals surface area contributed by atoms with Gasteiger partial charge in [0.25, 0.3) is 0 Å². The number of rotatable bonds is 6. The molecular formula is C13H18BrNO3. The second-order valence-corrected chi connectivity index (χ2v) is 5.09. The summed E-state index contributed by atoms with van der Waals surface area (Å²) in [5.74, 6) is -0.314. The van der Waals surface area contributed by atoms with Gasteiger partial charge in [-0.2, -0.15) is 0 Å². The molecule has 0 aliphatic rings. The summed E-state index contributed by atoms with van der Waals surface area (Å²) in [5.41, 5.74) is 0.549. The van der Waals surface area contributed by atoms with Gasteiger partial charge >= 0.3 is 5.97 Å². The number of hydrogen-bond donors (Lipinski definition) is 0. The largest absolute Gasteiger partial charge is 0.460 e. The van der Waals surface area contributed by atoms with E-state index in [4.69, 9.17) is 9.47 Å². The third-order valence-corrected chi connectivity index (χ3v) is 3.10. The zero-order valence-electron chi connectivity index (χ0n) is 10.9. The Hall–Kier alpha value is -0.910. The van der Waals surface area contributed by atoms with E-state index in [2.05, 4.69) is 15.9 Å². The smallest absolute Gasteiger partial charge is 0.338 e. The van der Waals surface area contributed by atoms with Gasteiger partial charge in [0.2, 0.25) is 0 Å². The summed E-state index contributed by atoms with van der Waals surface area (Å²) >= 11 is 3.32. The van der Waals surface area contributed by atoms with Crippen LogP contribution >= 0.6 is 15.9 Å². The maximum atomic E-state index is 11.8. The van der Waals surface area contributed by atoms with Gasteiger partial charge in [0, 0.05) is 11.6 Å². The van der Waals surface area contributed by atoms with Crippen molar-refractivity contribution in [1.29, 1.82) is 0 Å². The Bertz CT molecular complexity index is 378. The van der Waals surface area contributed by atoms with E-state index in [-0.39, 0.29) is 12.0 Å². The summed E-state index contributed by atoms with van der Waals surface area (Å²) in [6.45, 7) is 0.844. The van der Waals surface area contributed by atoms with Gasteiger partial charge in [0.15, 0.2) is 0 Å². The molecule has 0 amide bonds. The van der Waals surface area contributed by atoms with Crippen molar-refractivity contribution in [2.75, 3.05) is 34.4 Å². The molecule has 100 valence electrons. The summed E-state index contributed by atoms with van der Waals surface area (Å²) in [6.07, 6.45) is 0. The third-order valence-electron chi connectivity index (χ3n) is 2.58. The highest BCUT2D eigenvalue weighted by atomic mass is 79.9. The van der Waals surface area contributed by atoms with Crippen LogP contribution in [0.4, 0.5) is 0 Å². The molecule has 0 aliphatic carbocycles. The van der Waals surface area contributed by atoms with Crippen LogP contribution in [0, 0.1) is 0 Å². The molecule has 0 heterocycles. The van der Waals surface area contributed by atoms with Gasteiger partial charge in [-0.3, -0.25) is 0 Å². The number of esters is 1. The number of methoxy groups -OCH3 is 1. The molecule has 1 atom stereocenters. The molecule has 0 saturated carbocycles. The van der Waals surface area contributed by atoms with Gasteiger partial charge in [-0.15, -0.1) is 0 Å². The van der Waals surface area contributed by atoms with Crippen LogP contribution in [0.25, 0.3) is 0 Å². The fourth-order valence-corrected chi connectivity index (χ4v) is 1.64. The first-order valence-corrected chi connectivity index (χ1v) is 6.42. The average molecular weight is 316 g/mol. The van der Waals surface area contributed by atoms with Crippen LogP contribution in [0.3, 0.4) is 0 Å². The summed E-state index contributed by atoms with van der Waals surface area (Å²) in [5, 5.41) is 0. The molecule has 0 saturated heterocycles. The number of likely N-dealkylation sites (N-methyl/N-ethyl adjacent to an activating group) is 1. The Morgan fingerprint density at radius 1 is 1.28 bits per heavy atom. The van der Waals surface area contributed by atoms with E-state index in [9.17, 15) is 4.79 Å². The summed E-state index contributed by atoms with van der Waals surface area (Å²) in [7, 11) is 5.49. The lowest BCUT2D eigenvalue weighted by Crippen LogP contribution is -2.37. The molecular weight excluding hydrogens is 298 g/mol. The summed E-state index contributed by atoms with van der Waals surface area (Å²) in [6, 6.07) is 7.15. The van der Waals surface area contributed by atoms with Gasteiger partial charge in [-0.1, -0.05) is 15.9 Å². The van der Waals surface area contributed by atoms with Gasteiger partial charge in [0.1, 0.15) is 6.61 Å². The minimum Gasteiger partial charge on any atom is -0.460 e. The molecule has 4 nitrogen and oxygen atoms in total. The van der Waals surface area contributed by atoms with Crippen LogP contribution in [0.2, 0.25) is 0 Å². The monoisotopic (exact) mass is 315 g/mol. The van der Waals surface area contributed by atoms with Crippen LogP contribution in [-0.2, 0) is 9.47 Å². The number of benzene rings is 1. The van der Waals surface area contributed by atoms with Crippen molar-refractivity contribution in [2.45, 2.75) is 6.04 Å². The molecule has 1 aromatic rings. The van der Waals surface area contributed by atoms with Crippen LogP contribution in [0.5, 0.6) is 0 Å². The van der Waals surface area contributed by atoms with E-state index in [0.717, 1.165) is 4.47 Å². The lowest BCUT2D eigenvalue weighted by Gasteiger charge is -2.22. The quantitative estimate of drug-likeness (QED) is 0.754. The highest BCUT2D eigenvalue weighted by Crippen LogP contribution is 2.11. The maximum Gasteiger partial charge on any atom is 0.338 e. The normalized spacial score (nSPS) is 12.5. The lowest BCUT2D eigenvalue weighted by molar-refractivity contribution is 0.0274. The predicted molar refractivity (Wildman–Crippen MR) is 73.8 cm³/mol. The van der Waals surface area contributed by atoms with E-state index in [1.165, 1.54) is 0 Å². The molecule has 0 aliphatic heterocycles. The molecule has 5 heteroatoms. The first kappa shape index (κ1) is 15.1. The van der Waals surface area contributed by atoms with Gasteiger partial charge < -0.3 is 14.4 Å². The van der Waals surface area contributed by atoms with Crippen molar-refractivity contribution in [3.63, 3.8) is 0 Å². The third kappa shape index (κ3) is 4.76. The van der Waals surface area contributed by atoms with Crippen molar-refractivity contribution >= 4 is 21.9 Å². The Balaban J connectivity index is 2.51. The number of carbonyl (C=O) groups excluding carboxylic acids is 1. The first-order chi connectivity index (χ1) is 8.54. The minimum absolute atomic E-state index is 0.0643. The lowest BCUT2D eigenvalue weighted by atomic mass is 10.2. The number of ether oxygens (including phenoxy) is 2. The molecule has 0 aromatic heterocycles. The van der Waals surface area contributed by atoms with Gasteiger partial charge in [-0.05, 0) is 38.4 Å². The number of nitrogens with zero attached hydrogens (tertiary/aromatic N) is 1. The van der Waals surface area contributed by atoms with Crippen LogP contribution < -0.4 is 0 Å². The van der Waals surface area contributed by atoms with E-state index < -0.39 is 0 Å². The topological polar surface area (TPSA) is 38.8 Å². The summed E-state index contributed by atoms with van der Waals surface area (Å²) < 4.78 is 11.3. The standard InChI is InChI=1S/C13H18BrNO3/c1-15(2)12(8-17-3)9-18-13(16)10-4-6-11(14)7-5-10/h4-7,12H,8-9H2,1-3H3/t12-/m1/s1. The minimum atomic E-state index is -0.314. The second-order valence-electron chi connectivity index (χ2n) is 4.18. The van der Waals surface area contributed by atoms with Crippen LogP contribution in [-0.4, -0.2) is 51.3 Å². The van der Waals surface area contributed by atoms with Crippen LogP contribution in [0.1, 0.15) is 10.4 Å². The van der Waals surface area contributed by atoms with Gasteiger partial charge in [-0.25, -0.2) is 4.79 Å². The Kier molecular flexibility index (Phi) is 6.32. The summed E-state index contributed by atoms with van der Waals surface area (Å²) in [4.78, 5) is 13.8. The van der Waals surface area contributed by atoms with Crippen LogP contribution in [0.15, 0.2) is 28.7 Å². The highest BCUT2D eigenvalue weighted by Gasteiger charge is 2.15. The van der Waals surface area contributed by atoms with E-state index in [0.29, 0.717) is 18.8 Å². The fraction of sp³-hybridized carbons (Fsp3) is 0.462. The average Bonchev–Trinajstić information content (AvgIpc) is 2.34. The molecule has 0 fully saturated rings. The number of halogens is 1. The molecule has 1 rings (SSSR count). The number of carbonyl (C=O) groups is 1. The number of hydrogen-bond acceptors (Lipinski definition) is 4. The van der Waals surface area contributed by atoms with Crippen molar-refractivity contribution in [2.24, 2.45) is 0 Å². The predicted octanol–water partition coefficient (Wildman–Crippen LogP) is 2.18. The molecule has 0 unspecified atom stereocenters. The molecule has 0 spiro atoms. The molecule has 18 heavy (non-hydrogen) atoms. The van der Waals surface area contributed by atoms with E-state index >= 15 is 0 Å². The van der Waals surface area contributed by atoms with Crippen molar-refractivity contribution in [3.8, 4) is 0 Å². The Labute approximate surface area is 116 Å². The Morgan fingerprint density at radius 3 is 2.39 bits per heavy atom. The zero-order chi connectivity index (χ0) is 13.5. The fourth-order valence-electron chi connectivity index (χ4n) is 1.38. The molecule has 0 bridgehead atoms. The van der Waals surface area contributed by atoms with Crippen molar-refractivity contribution in [3.05, 3.63) is 34.3 Å². The maximum absolute atomic E-state index is 11.8. The molecule has 0 N–H and O–H groups in total. The first-order valence-electron chi connectivity index (χ1n) is 5.62. The van der Waals surface area contributed by atoms with Crippen molar-refractivity contribution < 1.29 is 14.3 Å². The highest BCUT2D eigenvalue weighted by molar-refractivity contribution is 9.10.